The molecular weight excluding hydrogens is 509 g/mol. The molecule has 1 spiro atoms. The minimum Gasteiger partial charge on any atom is -0.329 e. The van der Waals surface area contributed by atoms with Crippen molar-refractivity contribution in [1.29, 1.82) is 0 Å². The molecule has 2 aliphatic rings. The summed E-state index contributed by atoms with van der Waals surface area (Å²) in [7, 11) is 1.77. The number of amides is 3. The number of hydrogen-bond acceptors (Lipinski definition) is 5. The molecule has 9 heteroatoms. The van der Waals surface area contributed by atoms with E-state index in [1.165, 1.54) is 17.0 Å². The van der Waals surface area contributed by atoms with Gasteiger partial charge in [0.15, 0.2) is 0 Å². The highest BCUT2D eigenvalue weighted by molar-refractivity contribution is 6.06. The Hall–Kier alpha value is -4.11. The zero-order chi connectivity index (χ0) is 28.7. The van der Waals surface area contributed by atoms with E-state index in [0.717, 1.165) is 27.8 Å². The third-order valence-corrected chi connectivity index (χ3v) is 7.62. The van der Waals surface area contributed by atoms with Gasteiger partial charge in [0.05, 0.1) is 5.41 Å². The van der Waals surface area contributed by atoms with E-state index >= 15 is 0 Å². The highest BCUT2D eigenvalue weighted by Crippen LogP contribution is 2.46. The van der Waals surface area contributed by atoms with Gasteiger partial charge in [-0.25, -0.2) is 9.37 Å². The zero-order valence-corrected chi connectivity index (χ0v) is 23.2. The number of carbonyl (C=O) groups excluding carboxylic acids is 3. The second-order valence-electron chi connectivity index (χ2n) is 11.7. The number of halogens is 1. The van der Waals surface area contributed by atoms with Crippen molar-refractivity contribution in [3.63, 3.8) is 0 Å². The van der Waals surface area contributed by atoms with Crippen molar-refractivity contribution in [2.45, 2.75) is 52.1 Å². The van der Waals surface area contributed by atoms with Gasteiger partial charge in [0.1, 0.15) is 18.2 Å². The van der Waals surface area contributed by atoms with Crippen molar-refractivity contribution < 1.29 is 18.8 Å². The molecular formula is C31H34FN5O3. The molecule has 1 aliphatic carbocycles. The Morgan fingerprint density at radius 1 is 1.07 bits per heavy atom. The number of rotatable bonds is 7. The van der Waals surface area contributed by atoms with Crippen LogP contribution in [0.4, 0.5) is 15.9 Å². The highest BCUT2D eigenvalue weighted by atomic mass is 19.1. The SMILES string of the molecule is CNCc1cc(F)ccc1CN(CC(=O)Nc1ccc2c(c1)CC1(C2)C(=O)Nc2ncccc21)C(=O)C(C)(C)C. The predicted octanol–water partition coefficient (Wildman–Crippen LogP) is 3.94. The molecule has 1 aliphatic heterocycles. The maximum absolute atomic E-state index is 13.9. The molecule has 40 heavy (non-hydrogen) atoms. The molecule has 3 aromatic rings. The summed E-state index contributed by atoms with van der Waals surface area (Å²) in [5.41, 5.74) is 3.66. The highest BCUT2D eigenvalue weighted by Gasteiger charge is 2.51. The van der Waals surface area contributed by atoms with Gasteiger partial charge in [-0.15, -0.1) is 0 Å². The van der Waals surface area contributed by atoms with Gasteiger partial charge in [0, 0.05) is 36.0 Å². The fourth-order valence-corrected chi connectivity index (χ4v) is 5.70. The average molecular weight is 544 g/mol. The predicted molar refractivity (Wildman–Crippen MR) is 151 cm³/mol. The van der Waals surface area contributed by atoms with Crippen molar-refractivity contribution in [3.05, 3.63) is 88.4 Å². The van der Waals surface area contributed by atoms with E-state index in [1.807, 2.05) is 51.1 Å². The van der Waals surface area contributed by atoms with Gasteiger partial charge in [-0.3, -0.25) is 14.4 Å². The van der Waals surface area contributed by atoms with Crippen molar-refractivity contribution in [2.75, 3.05) is 24.2 Å². The lowest BCUT2D eigenvalue weighted by molar-refractivity contribution is -0.142. The van der Waals surface area contributed by atoms with E-state index in [0.29, 0.717) is 30.9 Å². The largest absolute Gasteiger partial charge is 0.329 e. The van der Waals surface area contributed by atoms with Crippen LogP contribution >= 0.6 is 0 Å². The van der Waals surface area contributed by atoms with E-state index in [1.54, 1.807) is 19.3 Å². The first-order valence-corrected chi connectivity index (χ1v) is 13.4. The van der Waals surface area contributed by atoms with Crippen LogP contribution in [0, 0.1) is 11.2 Å². The van der Waals surface area contributed by atoms with E-state index in [2.05, 4.69) is 20.9 Å². The number of pyridine rings is 1. The average Bonchev–Trinajstić information content (AvgIpc) is 3.41. The number of carbonyl (C=O) groups is 3. The van der Waals surface area contributed by atoms with Crippen molar-refractivity contribution in [3.8, 4) is 0 Å². The smallest absolute Gasteiger partial charge is 0.244 e. The third-order valence-electron chi connectivity index (χ3n) is 7.62. The summed E-state index contributed by atoms with van der Waals surface area (Å²) in [5, 5.41) is 8.87. The molecule has 0 fully saturated rings. The first kappa shape index (κ1) is 27.5. The minimum atomic E-state index is -0.710. The van der Waals surface area contributed by atoms with Gasteiger partial charge >= 0.3 is 0 Å². The number of aromatic nitrogens is 1. The summed E-state index contributed by atoms with van der Waals surface area (Å²) in [6.45, 7) is 5.88. The van der Waals surface area contributed by atoms with Crippen molar-refractivity contribution >= 4 is 29.2 Å². The quantitative estimate of drug-likeness (QED) is 0.419. The summed E-state index contributed by atoms with van der Waals surface area (Å²) in [4.78, 5) is 45.4. The lowest BCUT2D eigenvalue weighted by Gasteiger charge is -2.30. The summed E-state index contributed by atoms with van der Waals surface area (Å²) in [6.07, 6.45) is 2.75. The molecule has 8 nitrogen and oxygen atoms in total. The molecule has 1 unspecified atom stereocenters. The van der Waals surface area contributed by atoms with E-state index < -0.39 is 10.8 Å². The maximum atomic E-state index is 13.9. The van der Waals surface area contributed by atoms with Crippen LogP contribution in [-0.2, 0) is 45.7 Å². The molecule has 1 atom stereocenters. The molecule has 0 bridgehead atoms. The Kier molecular flexibility index (Phi) is 7.18. The van der Waals surface area contributed by atoms with Gasteiger partial charge in [-0.1, -0.05) is 39.0 Å². The molecule has 0 saturated carbocycles. The molecule has 1 aromatic heterocycles. The van der Waals surface area contributed by atoms with Crippen LogP contribution in [-0.4, -0.2) is 41.2 Å². The number of nitrogens with one attached hydrogen (secondary N) is 3. The van der Waals surface area contributed by atoms with Crippen molar-refractivity contribution in [2.24, 2.45) is 5.41 Å². The number of benzene rings is 2. The minimum absolute atomic E-state index is 0.0576. The van der Waals surface area contributed by atoms with Crippen LogP contribution < -0.4 is 16.0 Å². The van der Waals surface area contributed by atoms with Crippen LogP contribution in [0.3, 0.4) is 0 Å². The lowest BCUT2D eigenvalue weighted by atomic mass is 9.79. The first-order valence-electron chi connectivity index (χ1n) is 13.4. The van der Waals surface area contributed by atoms with E-state index in [4.69, 9.17) is 0 Å². The second-order valence-corrected chi connectivity index (χ2v) is 11.7. The van der Waals surface area contributed by atoms with Gasteiger partial charge in [-0.05, 0) is 72.5 Å². The molecule has 2 heterocycles. The Bertz CT molecular complexity index is 1500. The fraction of sp³-hybridized carbons (Fsp3) is 0.355. The van der Waals surface area contributed by atoms with Crippen LogP contribution in [0.1, 0.15) is 48.6 Å². The van der Waals surface area contributed by atoms with Gasteiger partial charge in [0.2, 0.25) is 17.7 Å². The Morgan fingerprint density at radius 3 is 2.60 bits per heavy atom. The monoisotopic (exact) mass is 543 g/mol. The zero-order valence-electron chi connectivity index (χ0n) is 23.2. The van der Waals surface area contributed by atoms with E-state index in [9.17, 15) is 18.8 Å². The standard InChI is InChI=1S/C31H34FN5O3/c1-30(2,3)29(40)37(17-20-7-9-23(32)12-22(20)16-33-4)18-26(38)35-24-10-8-19-14-31(15-21(19)13-24)25-6-5-11-34-27(25)36-28(31)39/h5-13,33H,14-18H2,1-4H3,(H,35,38)(H,34,36,39). The summed E-state index contributed by atoms with van der Waals surface area (Å²) < 4.78 is 13.9. The number of hydrogen-bond donors (Lipinski definition) is 3. The number of anilines is 2. The van der Waals surface area contributed by atoms with Crippen molar-refractivity contribution in [1.82, 2.24) is 15.2 Å². The second kappa shape index (κ2) is 10.5. The summed E-state index contributed by atoms with van der Waals surface area (Å²) in [5.74, 6) is -0.323. The Labute approximate surface area is 233 Å². The van der Waals surface area contributed by atoms with Gasteiger partial charge in [0.25, 0.3) is 0 Å². The number of nitrogens with zero attached hydrogens (tertiary/aromatic N) is 2. The van der Waals surface area contributed by atoms with E-state index in [-0.39, 0.29) is 36.6 Å². The van der Waals surface area contributed by atoms with Crippen LogP contribution in [0.15, 0.2) is 54.7 Å². The fourth-order valence-electron chi connectivity index (χ4n) is 5.70. The van der Waals surface area contributed by atoms with Gasteiger partial charge in [-0.2, -0.15) is 0 Å². The molecule has 3 amide bonds. The first-order chi connectivity index (χ1) is 19.0. The van der Waals surface area contributed by atoms with Crippen LogP contribution in [0.5, 0.6) is 0 Å². The van der Waals surface area contributed by atoms with Crippen LogP contribution in [0.2, 0.25) is 0 Å². The maximum Gasteiger partial charge on any atom is 0.244 e. The molecule has 0 saturated heterocycles. The lowest BCUT2D eigenvalue weighted by Crippen LogP contribution is -2.43. The Morgan fingerprint density at radius 2 is 1.85 bits per heavy atom. The topological polar surface area (TPSA) is 103 Å². The molecule has 3 N–H and O–H groups in total. The third kappa shape index (κ3) is 5.21. The molecule has 5 rings (SSSR count). The summed E-state index contributed by atoms with van der Waals surface area (Å²) in [6, 6.07) is 13.9. The van der Waals surface area contributed by atoms with Gasteiger partial charge < -0.3 is 20.9 Å². The summed E-state index contributed by atoms with van der Waals surface area (Å²) >= 11 is 0. The van der Waals surface area contributed by atoms with Crippen LogP contribution in [0.25, 0.3) is 0 Å². The Balaban J connectivity index is 1.33. The molecule has 208 valence electrons. The molecule has 2 aromatic carbocycles. The normalized spacial score (nSPS) is 17.4. The number of fused-ring (bicyclic) bond motifs is 3. The molecule has 0 radical (unpaired) electrons.